The van der Waals surface area contributed by atoms with E-state index in [1.807, 2.05) is 25.1 Å². The molecule has 2 aromatic carbocycles. The Labute approximate surface area is 183 Å². The zero-order chi connectivity index (χ0) is 20.7. The number of rotatable bonds is 8. The molecule has 0 aliphatic carbocycles. The summed E-state index contributed by atoms with van der Waals surface area (Å²) in [4.78, 5) is 26.7. The van der Waals surface area contributed by atoms with Crippen molar-refractivity contribution in [3.05, 3.63) is 62.5 Å². The molecule has 1 N–H and O–H groups in total. The lowest BCUT2D eigenvalue weighted by Crippen LogP contribution is -2.49. The molecule has 5 nitrogen and oxygen atoms in total. The molecule has 0 radical (unpaired) electrons. The van der Waals surface area contributed by atoms with E-state index in [0.29, 0.717) is 26.8 Å². The van der Waals surface area contributed by atoms with Crippen molar-refractivity contribution in [3.63, 3.8) is 0 Å². The summed E-state index contributed by atoms with van der Waals surface area (Å²) in [5.41, 5.74) is 0.751. The number of amides is 2. The molecule has 28 heavy (non-hydrogen) atoms. The second kappa shape index (κ2) is 10.7. The molecule has 0 aliphatic heterocycles. The summed E-state index contributed by atoms with van der Waals surface area (Å²) in [5.74, 6) is -0.0859. The number of ether oxygens (including phenoxy) is 1. The molecule has 0 spiro atoms. The van der Waals surface area contributed by atoms with Crippen LogP contribution in [-0.2, 0) is 16.1 Å². The van der Waals surface area contributed by atoms with Gasteiger partial charge < -0.3 is 15.0 Å². The van der Waals surface area contributed by atoms with E-state index in [4.69, 9.17) is 27.9 Å². The summed E-state index contributed by atoms with van der Waals surface area (Å²) < 4.78 is 6.27. The molecule has 1 atom stereocenters. The van der Waals surface area contributed by atoms with Gasteiger partial charge in [0.1, 0.15) is 11.8 Å². The summed E-state index contributed by atoms with van der Waals surface area (Å²) in [6.07, 6.45) is 0. The van der Waals surface area contributed by atoms with Crippen molar-refractivity contribution in [1.82, 2.24) is 10.2 Å². The van der Waals surface area contributed by atoms with Crippen LogP contribution in [0, 0.1) is 0 Å². The molecule has 0 aromatic heterocycles. The van der Waals surface area contributed by atoms with Crippen molar-refractivity contribution >= 4 is 50.9 Å². The largest absolute Gasteiger partial charge is 0.483 e. The van der Waals surface area contributed by atoms with Crippen LogP contribution in [0.3, 0.4) is 0 Å². The number of carbonyl (C=O) groups excluding carboxylic acids is 2. The van der Waals surface area contributed by atoms with Crippen LogP contribution in [0.15, 0.2) is 46.9 Å². The van der Waals surface area contributed by atoms with Crippen molar-refractivity contribution in [2.24, 2.45) is 0 Å². The number of likely N-dealkylation sites (N-methyl/N-ethyl adjacent to an activating group) is 1. The van der Waals surface area contributed by atoms with Crippen molar-refractivity contribution in [2.75, 3.05) is 13.2 Å². The third-order valence-electron chi connectivity index (χ3n) is 4.06. The van der Waals surface area contributed by atoms with E-state index in [1.54, 1.807) is 31.2 Å². The molecule has 0 unspecified atom stereocenters. The zero-order valence-electron chi connectivity index (χ0n) is 15.5. The minimum atomic E-state index is -0.680. The molecular formula is C20H21BrCl2N2O3. The Morgan fingerprint density at radius 1 is 1.21 bits per heavy atom. The van der Waals surface area contributed by atoms with Crippen LogP contribution in [0.2, 0.25) is 10.0 Å². The lowest BCUT2D eigenvalue weighted by atomic mass is 10.1. The van der Waals surface area contributed by atoms with Gasteiger partial charge in [0.05, 0.1) is 4.47 Å². The monoisotopic (exact) mass is 486 g/mol. The molecule has 2 aromatic rings. The fourth-order valence-electron chi connectivity index (χ4n) is 2.53. The highest BCUT2D eigenvalue weighted by atomic mass is 79.9. The van der Waals surface area contributed by atoms with Crippen LogP contribution in [0.5, 0.6) is 5.75 Å². The molecule has 150 valence electrons. The minimum Gasteiger partial charge on any atom is -0.483 e. The van der Waals surface area contributed by atoms with Gasteiger partial charge in [-0.05, 0) is 59.6 Å². The number of nitrogens with one attached hydrogen (secondary N) is 1. The quantitative estimate of drug-likeness (QED) is 0.587. The third kappa shape index (κ3) is 6.12. The number of benzene rings is 2. The smallest absolute Gasteiger partial charge is 0.261 e. The molecule has 8 heteroatoms. The Bertz CT molecular complexity index is 848. The molecule has 2 amide bonds. The van der Waals surface area contributed by atoms with Gasteiger partial charge >= 0.3 is 0 Å². The van der Waals surface area contributed by atoms with E-state index in [1.165, 1.54) is 4.90 Å². The average Bonchev–Trinajstić information content (AvgIpc) is 2.66. The fourth-order valence-corrected chi connectivity index (χ4v) is 3.52. The Morgan fingerprint density at radius 2 is 1.93 bits per heavy atom. The second-order valence-electron chi connectivity index (χ2n) is 6.05. The average molecular weight is 488 g/mol. The van der Waals surface area contributed by atoms with Crippen LogP contribution in [0.4, 0.5) is 0 Å². The maximum absolute atomic E-state index is 12.9. The van der Waals surface area contributed by atoms with Crippen molar-refractivity contribution in [2.45, 2.75) is 26.4 Å². The summed E-state index contributed by atoms with van der Waals surface area (Å²) in [7, 11) is 0. The van der Waals surface area contributed by atoms with E-state index in [2.05, 4.69) is 21.2 Å². The lowest BCUT2D eigenvalue weighted by molar-refractivity contribution is -0.142. The summed E-state index contributed by atoms with van der Waals surface area (Å²) in [6.45, 7) is 3.95. The Morgan fingerprint density at radius 3 is 2.57 bits per heavy atom. The maximum atomic E-state index is 12.9. The van der Waals surface area contributed by atoms with Gasteiger partial charge in [0.25, 0.3) is 5.91 Å². The van der Waals surface area contributed by atoms with E-state index >= 15 is 0 Å². The SMILES string of the molecule is CCNC(=O)[C@H](C)N(Cc1ccccc1Cl)C(=O)COc1ccc(Cl)cc1Br. The summed E-state index contributed by atoms with van der Waals surface area (Å²) >= 11 is 15.5. The first-order valence-electron chi connectivity index (χ1n) is 8.72. The number of halogens is 3. The molecule has 0 saturated carbocycles. The van der Waals surface area contributed by atoms with Gasteiger partial charge in [-0.2, -0.15) is 0 Å². The Kier molecular flexibility index (Phi) is 8.60. The highest BCUT2D eigenvalue weighted by molar-refractivity contribution is 9.10. The summed E-state index contributed by atoms with van der Waals surface area (Å²) in [6, 6.07) is 11.6. The van der Waals surface area contributed by atoms with Gasteiger partial charge in [-0.15, -0.1) is 0 Å². The van der Waals surface area contributed by atoms with E-state index in [9.17, 15) is 9.59 Å². The molecule has 0 fully saturated rings. The lowest BCUT2D eigenvalue weighted by Gasteiger charge is -2.29. The van der Waals surface area contributed by atoms with Crippen LogP contribution in [0.25, 0.3) is 0 Å². The number of carbonyl (C=O) groups is 2. The highest BCUT2D eigenvalue weighted by Crippen LogP contribution is 2.28. The van der Waals surface area contributed by atoms with Gasteiger partial charge in [-0.1, -0.05) is 41.4 Å². The second-order valence-corrected chi connectivity index (χ2v) is 7.74. The van der Waals surface area contributed by atoms with Crippen LogP contribution >= 0.6 is 39.1 Å². The standard InChI is InChI=1S/C20H21BrCl2N2O3/c1-3-24-20(27)13(2)25(11-14-6-4-5-7-17(14)23)19(26)12-28-18-9-8-15(22)10-16(18)21/h4-10,13H,3,11-12H2,1-2H3,(H,24,27)/t13-/m0/s1. The first-order chi connectivity index (χ1) is 13.3. The molecule has 0 aliphatic rings. The number of nitrogens with zero attached hydrogens (tertiary/aromatic N) is 1. The zero-order valence-corrected chi connectivity index (χ0v) is 18.6. The van der Waals surface area contributed by atoms with Gasteiger partial charge in [0.15, 0.2) is 6.61 Å². The predicted octanol–water partition coefficient (Wildman–Crippen LogP) is 4.69. The van der Waals surface area contributed by atoms with Gasteiger partial charge in [-0.25, -0.2) is 0 Å². The van der Waals surface area contributed by atoms with Crippen LogP contribution < -0.4 is 10.1 Å². The molecular weight excluding hydrogens is 467 g/mol. The Balaban J connectivity index is 2.18. The Hall–Kier alpha value is -1.76. The van der Waals surface area contributed by atoms with Crippen LogP contribution in [0.1, 0.15) is 19.4 Å². The number of hydrogen-bond donors (Lipinski definition) is 1. The predicted molar refractivity (Wildman–Crippen MR) is 115 cm³/mol. The fraction of sp³-hybridized carbons (Fsp3) is 0.300. The van der Waals surface area contributed by atoms with Gasteiger partial charge in [0, 0.05) is 23.1 Å². The van der Waals surface area contributed by atoms with Crippen molar-refractivity contribution in [3.8, 4) is 5.75 Å². The van der Waals surface area contributed by atoms with Gasteiger partial charge in [0.2, 0.25) is 5.91 Å². The van der Waals surface area contributed by atoms with E-state index in [0.717, 1.165) is 5.56 Å². The van der Waals surface area contributed by atoms with E-state index < -0.39 is 6.04 Å². The molecule has 2 rings (SSSR count). The normalized spacial score (nSPS) is 11.6. The molecule has 0 saturated heterocycles. The minimum absolute atomic E-state index is 0.196. The van der Waals surface area contributed by atoms with Crippen LogP contribution in [-0.4, -0.2) is 35.9 Å². The maximum Gasteiger partial charge on any atom is 0.261 e. The number of hydrogen-bond acceptors (Lipinski definition) is 3. The van der Waals surface area contributed by atoms with Crippen molar-refractivity contribution < 1.29 is 14.3 Å². The van der Waals surface area contributed by atoms with Crippen molar-refractivity contribution in [1.29, 1.82) is 0 Å². The van der Waals surface area contributed by atoms with Gasteiger partial charge in [-0.3, -0.25) is 9.59 Å². The van der Waals surface area contributed by atoms with E-state index in [-0.39, 0.29) is 25.0 Å². The highest BCUT2D eigenvalue weighted by Gasteiger charge is 2.26. The summed E-state index contributed by atoms with van der Waals surface area (Å²) in [5, 5.41) is 3.83. The molecule has 0 bridgehead atoms. The molecule has 0 heterocycles. The first kappa shape index (κ1) is 22.5. The first-order valence-corrected chi connectivity index (χ1v) is 10.3. The third-order valence-corrected chi connectivity index (χ3v) is 5.29. The topological polar surface area (TPSA) is 58.6 Å².